The van der Waals surface area contributed by atoms with Crippen LogP contribution in [0.4, 0.5) is 0 Å². The van der Waals surface area contributed by atoms with Crippen LogP contribution in [-0.2, 0) is 20.3 Å². The molecule has 2 heterocycles. The molecule has 2 atom stereocenters. The maximum absolute atomic E-state index is 6.43. The van der Waals surface area contributed by atoms with E-state index in [1.54, 1.807) is 11.8 Å². The monoisotopic (exact) mass is 470 g/mol. The molecule has 2 saturated heterocycles. The molecule has 180 valence electrons. The second kappa shape index (κ2) is 9.16. The molecule has 2 aliphatic rings. The molecular weight excluding hydrogens is 432 g/mol. The molecule has 0 aromatic heterocycles. The fourth-order valence-corrected chi connectivity index (χ4v) is 5.45. The molecule has 4 nitrogen and oxygen atoms in total. The molecule has 4 rings (SSSR count). The van der Waals surface area contributed by atoms with Crippen molar-refractivity contribution >= 4 is 11.8 Å². The van der Waals surface area contributed by atoms with Gasteiger partial charge in [-0.3, -0.25) is 0 Å². The minimum atomic E-state index is -0.0348. The van der Waals surface area contributed by atoms with Gasteiger partial charge in [-0.05, 0) is 47.9 Å². The molecule has 0 amide bonds. The van der Waals surface area contributed by atoms with E-state index in [0.717, 1.165) is 34.5 Å². The summed E-state index contributed by atoms with van der Waals surface area (Å²) >= 11 is 1.73. The Morgan fingerprint density at radius 2 is 1.09 bits per heavy atom. The summed E-state index contributed by atoms with van der Waals surface area (Å²) in [6.07, 6.45) is 0.418. The maximum Gasteiger partial charge on any atom is 0.137 e. The van der Waals surface area contributed by atoms with Crippen molar-refractivity contribution in [1.82, 2.24) is 0 Å². The van der Waals surface area contributed by atoms with Crippen LogP contribution in [0.1, 0.15) is 63.8 Å². The average molecular weight is 471 g/mol. The van der Waals surface area contributed by atoms with Crippen molar-refractivity contribution in [2.24, 2.45) is 0 Å². The van der Waals surface area contributed by atoms with Crippen molar-refractivity contribution in [3.8, 4) is 11.5 Å². The summed E-state index contributed by atoms with van der Waals surface area (Å²) in [5.41, 5.74) is 4.94. The van der Waals surface area contributed by atoms with Gasteiger partial charge >= 0.3 is 0 Å². The van der Waals surface area contributed by atoms with Gasteiger partial charge in [0, 0.05) is 11.1 Å². The maximum atomic E-state index is 6.43. The first-order valence-electron chi connectivity index (χ1n) is 11.9. The number of hydrogen-bond donors (Lipinski definition) is 0. The van der Waals surface area contributed by atoms with Gasteiger partial charge in [0.2, 0.25) is 0 Å². The van der Waals surface area contributed by atoms with Gasteiger partial charge in [-0.1, -0.05) is 65.4 Å². The first-order valence-corrected chi connectivity index (χ1v) is 12.7. The largest absolute Gasteiger partial charge is 0.489 e. The van der Waals surface area contributed by atoms with Crippen LogP contribution in [0.2, 0.25) is 0 Å². The Hall–Kier alpha value is -1.69. The summed E-state index contributed by atoms with van der Waals surface area (Å²) in [7, 11) is 0. The van der Waals surface area contributed by atoms with Crippen molar-refractivity contribution < 1.29 is 18.9 Å². The zero-order valence-electron chi connectivity index (χ0n) is 21.3. The molecule has 2 fully saturated rings. The molecule has 0 radical (unpaired) electrons. The Bertz CT molecular complexity index is 927. The van der Waals surface area contributed by atoms with E-state index in [9.17, 15) is 0 Å². The lowest BCUT2D eigenvalue weighted by molar-refractivity contribution is 0.252. The van der Waals surface area contributed by atoms with Crippen molar-refractivity contribution in [2.45, 2.75) is 88.2 Å². The Morgan fingerprint density at radius 3 is 1.39 bits per heavy atom. The molecule has 0 spiro atoms. The van der Waals surface area contributed by atoms with Gasteiger partial charge in [0.25, 0.3) is 0 Å². The molecule has 0 N–H and O–H groups in total. The number of hydrogen-bond acceptors (Lipinski definition) is 5. The lowest BCUT2D eigenvalue weighted by atomic mass is 9.83. The van der Waals surface area contributed by atoms with Gasteiger partial charge < -0.3 is 18.9 Å². The van der Waals surface area contributed by atoms with Gasteiger partial charge in [-0.2, -0.15) is 0 Å². The van der Waals surface area contributed by atoms with Crippen LogP contribution in [0.15, 0.2) is 34.1 Å². The lowest BCUT2D eigenvalue weighted by Crippen LogP contribution is -2.18. The van der Waals surface area contributed by atoms with Crippen molar-refractivity contribution in [1.29, 1.82) is 0 Å². The van der Waals surface area contributed by atoms with Crippen LogP contribution in [0.5, 0.6) is 11.5 Å². The molecule has 2 aromatic carbocycles. The Morgan fingerprint density at radius 1 is 0.727 bits per heavy atom. The average Bonchev–Trinajstić information content (AvgIpc) is 3.60. The third kappa shape index (κ3) is 5.87. The quantitative estimate of drug-likeness (QED) is 0.406. The van der Waals surface area contributed by atoms with E-state index < -0.39 is 0 Å². The zero-order valence-corrected chi connectivity index (χ0v) is 22.2. The highest BCUT2D eigenvalue weighted by Gasteiger charge is 2.31. The van der Waals surface area contributed by atoms with Crippen molar-refractivity contribution in [2.75, 3.05) is 26.4 Å². The van der Waals surface area contributed by atoms with E-state index in [1.165, 1.54) is 22.3 Å². The number of rotatable bonds is 8. The smallest absolute Gasteiger partial charge is 0.137 e. The van der Waals surface area contributed by atoms with Crippen molar-refractivity contribution in [3.05, 3.63) is 46.5 Å². The van der Waals surface area contributed by atoms with Gasteiger partial charge in [0.05, 0.1) is 23.0 Å². The summed E-state index contributed by atoms with van der Waals surface area (Å²) in [6.45, 7) is 20.6. The molecular formula is C28H38O4S. The van der Waals surface area contributed by atoms with E-state index in [1.807, 2.05) is 0 Å². The zero-order chi connectivity index (χ0) is 24.0. The van der Waals surface area contributed by atoms with Gasteiger partial charge in [0.15, 0.2) is 0 Å². The molecule has 5 heteroatoms. The van der Waals surface area contributed by atoms with E-state index in [2.05, 4.69) is 79.7 Å². The van der Waals surface area contributed by atoms with Crippen molar-refractivity contribution in [3.63, 3.8) is 0 Å². The first kappa shape index (κ1) is 24.4. The van der Waals surface area contributed by atoms with Gasteiger partial charge in [0.1, 0.15) is 36.9 Å². The minimum absolute atomic E-state index is 0.0348. The van der Waals surface area contributed by atoms with E-state index >= 15 is 0 Å². The van der Waals surface area contributed by atoms with Crippen LogP contribution < -0.4 is 9.47 Å². The summed E-state index contributed by atoms with van der Waals surface area (Å²) < 4.78 is 23.7. The third-order valence-electron chi connectivity index (χ3n) is 6.01. The van der Waals surface area contributed by atoms with E-state index in [-0.39, 0.29) is 23.0 Å². The van der Waals surface area contributed by atoms with Gasteiger partial charge in [-0.15, -0.1) is 0 Å². The highest BCUT2D eigenvalue weighted by Crippen LogP contribution is 2.48. The molecule has 33 heavy (non-hydrogen) atoms. The topological polar surface area (TPSA) is 43.5 Å². The fraction of sp³-hybridized carbons (Fsp3) is 0.571. The minimum Gasteiger partial charge on any atom is -0.489 e. The highest BCUT2D eigenvalue weighted by atomic mass is 32.2. The Labute approximate surface area is 203 Å². The molecule has 2 unspecified atom stereocenters. The second-order valence-electron chi connectivity index (χ2n) is 11.3. The summed E-state index contributed by atoms with van der Waals surface area (Å²) in [5, 5.41) is 0. The molecule has 0 saturated carbocycles. The highest BCUT2D eigenvalue weighted by molar-refractivity contribution is 7.99. The predicted molar refractivity (Wildman–Crippen MR) is 134 cm³/mol. The van der Waals surface area contributed by atoms with E-state index in [0.29, 0.717) is 13.2 Å². The second-order valence-corrected chi connectivity index (χ2v) is 12.4. The normalized spacial score (nSPS) is 20.0. The Kier molecular flexibility index (Phi) is 6.78. The number of benzene rings is 2. The van der Waals surface area contributed by atoms with Crippen LogP contribution in [0, 0.1) is 13.8 Å². The third-order valence-corrected chi connectivity index (χ3v) is 7.09. The standard InChI is InChI=1S/C28H38O4S/c1-17-9-11-21(25(23(17)27(3,4)5)31-15-19-13-29-19)33-22-12-10-18(2)24(28(6,7)8)26(22)32-16-20-14-30-20/h9-12,19-20H,13-16H2,1-8H3. The first-order chi connectivity index (χ1) is 15.4. The van der Waals surface area contributed by atoms with E-state index in [4.69, 9.17) is 18.9 Å². The summed E-state index contributed by atoms with van der Waals surface area (Å²) in [4.78, 5) is 2.23. The van der Waals surface area contributed by atoms with Gasteiger partial charge in [-0.25, -0.2) is 0 Å². The molecule has 2 aromatic rings. The number of epoxide rings is 2. The van der Waals surface area contributed by atoms with Crippen LogP contribution in [-0.4, -0.2) is 38.6 Å². The molecule has 0 aliphatic carbocycles. The predicted octanol–water partition coefficient (Wildman–Crippen LogP) is 6.60. The lowest BCUT2D eigenvalue weighted by Gasteiger charge is -2.28. The Balaban J connectivity index is 1.77. The van der Waals surface area contributed by atoms with Crippen LogP contribution in [0.3, 0.4) is 0 Å². The number of aryl methyl sites for hydroxylation is 2. The summed E-state index contributed by atoms with van der Waals surface area (Å²) in [5.74, 6) is 1.94. The molecule has 2 aliphatic heterocycles. The van der Waals surface area contributed by atoms with Crippen LogP contribution in [0.25, 0.3) is 0 Å². The SMILES string of the molecule is Cc1ccc(Sc2ccc(C)c(C(C)(C)C)c2OCC2CO2)c(OCC2CO2)c1C(C)(C)C. The van der Waals surface area contributed by atoms with Crippen LogP contribution >= 0.6 is 11.8 Å². The molecule has 0 bridgehead atoms. The fourth-order valence-electron chi connectivity index (χ4n) is 4.44. The number of ether oxygens (including phenoxy) is 4. The summed E-state index contributed by atoms with van der Waals surface area (Å²) in [6, 6.07) is 8.78.